The number of pyridine rings is 1. The molecule has 3 N–H and O–H groups in total. The van der Waals surface area contributed by atoms with Crippen LogP contribution >= 0.6 is 23.8 Å². The molecule has 1 aromatic rings. The fraction of sp³-hybridized carbons (Fsp3) is 0.500. The first-order chi connectivity index (χ1) is 12.2. The van der Waals surface area contributed by atoms with Gasteiger partial charge >= 0.3 is 6.18 Å². The zero-order valence-electron chi connectivity index (χ0n) is 13.4. The van der Waals surface area contributed by atoms with Crippen molar-refractivity contribution in [3.8, 4) is 0 Å². The van der Waals surface area contributed by atoms with Crippen molar-refractivity contribution in [3.63, 3.8) is 0 Å². The predicted molar refractivity (Wildman–Crippen MR) is 91.6 cm³/mol. The van der Waals surface area contributed by atoms with E-state index in [1.54, 1.807) is 0 Å². The van der Waals surface area contributed by atoms with E-state index in [2.05, 4.69) is 16.2 Å². The summed E-state index contributed by atoms with van der Waals surface area (Å²) in [5, 5.41) is 2.32. The minimum Gasteiger partial charge on any atom is -0.376 e. The van der Waals surface area contributed by atoms with Crippen LogP contribution in [0.4, 0.5) is 13.2 Å². The average molecular weight is 413 g/mol. The maximum absolute atomic E-state index is 12.8. The van der Waals surface area contributed by atoms with E-state index in [4.69, 9.17) is 28.6 Å². The quantitative estimate of drug-likeness (QED) is 0.509. The van der Waals surface area contributed by atoms with Gasteiger partial charge in [0.25, 0.3) is 11.5 Å². The Kier molecular flexibility index (Phi) is 6.84. The van der Waals surface area contributed by atoms with Gasteiger partial charge in [-0.15, -0.1) is 0 Å². The number of nitrogens with one attached hydrogen (secondary N) is 3. The lowest BCUT2D eigenvalue weighted by Gasteiger charge is -2.15. The molecule has 26 heavy (non-hydrogen) atoms. The lowest BCUT2D eigenvalue weighted by Crippen LogP contribution is -2.49. The van der Waals surface area contributed by atoms with Gasteiger partial charge in [0, 0.05) is 19.3 Å². The van der Waals surface area contributed by atoms with Gasteiger partial charge in [-0.25, -0.2) is 0 Å². The SMILES string of the molecule is O=C(Cn1cc(C(F)(F)F)cc(Cl)c1=O)NNC(=S)NCC1CCCO1. The second kappa shape index (κ2) is 8.69. The smallest absolute Gasteiger partial charge is 0.376 e. The van der Waals surface area contributed by atoms with E-state index < -0.39 is 34.8 Å². The second-order valence-corrected chi connectivity index (χ2v) is 6.34. The number of alkyl halides is 3. The monoisotopic (exact) mass is 412 g/mol. The zero-order valence-corrected chi connectivity index (χ0v) is 14.9. The lowest BCUT2D eigenvalue weighted by molar-refractivity contribution is -0.138. The molecule has 1 saturated heterocycles. The highest BCUT2D eigenvalue weighted by Crippen LogP contribution is 2.29. The highest BCUT2D eigenvalue weighted by atomic mass is 35.5. The van der Waals surface area contributed by atoms with Crippen LogP contribution in [0.25, 0.3) is 0 Å². The van der Waals surface area contributed by atoms with Crippen LogP contribution in [0.3, 0.4) is 0 Å². The number of nitrogens with zero attached hydrogens (tertiary/aromatic N) is 1. The fourth-order valence-electron chi connectivity index (χ4n) is 2.25. The molecule has 1 atom stereocenters. The van der Waals surface area contributed by atoms with Crippen molar-refractivity contribution >= 4 is 34.8 Å². The van der Waals surface area contributed by atoms with Crippen molar-refractivity contribution in [1.29, 1.82) is 0 Å². The molecule has 2 rings (SSSR count). The molecule has 1 aromatic heterocycles. The first-order valence-corrected chi connectivity index (χ1v) is 8.37. The van der Waals surface area contributed by atoms with E-state index in [0.29, 0.717) is 30.0 Å². The summed E-state index contributed by atoms with van der Waals surface area (Å²) < 4.78 is 44.2. The molecule has 0 aliphatic carbocycles. The normalized spacial score (nSPS) is 17.0. The number of rotatable bonds is 4. The van der Waals surface area contributed by atoms with Crippen LogP contribution in [0.15, 0.2) is 17.1 Å². The molecule has 1 amide bonds. The Bertz CT molecular complexity index is 735. The molecule has 0 saturated carbocycles. The van der Waals surface area contributed by atoms with Crippen molar-refractivity contribution in [2.45, 2.75) is 31.7 Å². The van der Waals surface area contributed by atoms with Crippen LogP contribution < -0.4 is 21.7 Å². The minimum absolute atomic E-state index is 0.0382. The van der Waals surface area contributed by atoms with Crippen LogP contribution in [0.2, 0.25) is 5.02 Å². The molecule has 0 bridgehead atoms. The van der Waals surface area contributed by atoms with Crippen molar-refractivity contribution in [3.05, 3.63) is 33.2 Å². The van der Waals surface area contributed by atoms with Crippen molar-refractivity contribution in [2.24, 2.45) is 0 Å². The summed E-state index contributed by atoms with van der Waals surface area (Å²) in [4.78, 5) is 23.6. The third-order valence-corrected chi connectivity index (χ3v) is 4.03. The predicted octanol–water partition coefficient (Wildman–Crippen LogP) is 1.19. The van der Waals surface area contributed by atoms with Gasteiger partial charge in [-0.1, -0.05) is 11.6 Å². The molecule has 0 aromatic carbocycles. The van der Waals surface area contributed by atoms with Crippen molar-refractivity contribution in [1.82, 2.24) is 20.7 Å². The molecule has 1 fully saturated rings. The molecular weight excluding hydrogens is 397 g/mol. The van der Waals surface area contributed by atoms with Crippen LogP contribution in [0.1, 0.15) is 18.4 Å². The standard InChI is InChI=1S/C14H16ClF3N4O3S/c15-10-4-8(14(16,17)18)6-22(12(10)24)7-11(23)20-21-13(26)19-5-9-2-1-3-25-9/h4,6,9H,1-3,5,7H2,(H,20,23)(H2,19,21,26). The van der Waals surface area contributed by atoms with E-state index in [1.807, 2.05) is 0 Å². The van der Waals surface area contributed by atoms with E-state index in [1.165, 1.54) is 0 Å². The third kappa shape index (κ3) is 5.85. The lowest BCUT2D eigenvalue weighted by atomic mass is 10.2. The second-order valence-electron chi connectivity index (χ2n) is 5.53. The summed E-state index contributed by atoms with van der Waals surface area (Å²) in [6, 6.07) is 0.515. The molecule has 144 valence electrons. The Balaban J connectivity index is 1.88. The Labute approximate surface area is 156 Å². The van der Waals surface area contributed by atoms with E-state index in [0.717, 1.165) is 12.8 Å². The number of carbonyl (C=O) groups is 1. The third-order valence-electron chi connectivity index (χ3n) is 3.51. The minimum atomic E-state index is -4.69. The van der Waals surface area contributed by atoms with Gasteiger partial charge in [0.15, 0.2) is 5.11 Å². The van der Waals surface area contributed by atoms with E-state index >= 15 is 0 Å². The molecule has 7 nitrogen and oxygen atoms in total. The largest absolute Gasteiger partial charge is 0.417 e. The number of amides is 1. The van der Waals surface area contributed by atoms with Crippen LogP contribution in [-0.2, 0) is 22.3 Å². The highest BCUT2D eigenvalue weighted by molar-refractivity contribution is 7.80. The number of carbonyl (C=O) groups excluding carboxylic acids is 1. The van der Waals surface area contributed by atoms with Crippen LogP contribution in [0, 0.1) is 0 Å². The van der Waals surface area contributed by atoms with Crippen molar-refractivity contribution < 1.29 is 22.7 Å². The topological polar surface area (TPSA) is 84.4 Å². The summed E-state index contributed by atoms with van der Waals surface area (Å²) in [5.74, 6) is -0.774. The fourth-order valence-corrected chi connectivity index (χ4v) is 2.61. The van der Waals surface area contributed by atoms with Gasteiger partial charge in [-0.2, -0.15) is 13.2 Å². The van der Waals surface area contributed by atoms with Crippen LogP contribution in [0.5, 0.6) is 0 Å². The molecule has 1 unspecified atom stereocenters. The Morgan fingerprint density at radius 1 is 1.42 bits per heavy atom. The first-order valence-electron chi connectivity index (χ1n) is 7.58. The molecule has 0 spiro atoms. The zero-order chi connectivity index (χ0) is 19.3. The highest BCUT2D eigenvalue weighted by Gasteiger charge is 2.32. The number of hydrazine groups is 1. The number of hydrogen-bond acceptors (Lipinski definition) is 4. The van der Waals surface area contributed by atoms with Gasteiger partial charge in [0.1, 0.15) is 11.6 Å². The van der Waals surface area contributed by atoms with Crippen molar-refractivity contribution in [2.75, 3.05) is 13.2 Å². The molecule has 12 heteroatoms. The van der Waals surface area contributed by atoms with Crippen LogP contribution in [-0.4, -0.2) is 34.8 Å². The maximum atomic E-state index is 12.8. The number of thiocarbonyl (C=S) groups is 1. The molecular formula is C14H16ClF3N4O3S. The summed E-state index contributed by atoms with van der Waals surface area (Å²) in [6.07, 6.45) is -2.25. The number of aromatic nitrogens is 1. The first kappa shape index (κ1) is 20.5. The Morgan fingerprint density at radius 2 is 2.15 bits per heavy atom. The van der Waals surface area contributed by atoms with Gasteiger partial charge < -0.3 is 14.6 Å². The maximum Gasteiger partial charge on any atom is 0.417 e. The Morgan fingerprint density at radius 3 is 2.77 bits per heavy atom. The molecule has 1 aliphatic rings. The molecule has 0 radical (unpaired) electrons. The molecule has 2 heterocycles. The summed E-state index contributed by atoms with van der Waals surface area (Å²) >= 11 is 10.5. The summed E-state index contributed by atoms with van der Waals surface area (Å²) in [7, 11) is 0. The average Bonchev–Trinajstić information content (AvgIpc) is 3.07. The van der Waals surface area contributed by atoms with Gasteiger partial charge in [0.2, 0.25) is 0 Å². The van der Waals surface area contributed by atoms with E-state index in [9.17, 15) is 22.8 Å². The van der Waals surface area contributed by atoms with E-state index in [-0.39, 0.29) is 11.2 Å². The summed E-state index contributed by atoms with van der Waals surface area (Å²) in [6.45, 7) is 0.492. The van der Waals surface area contributed by atoms with Gasteiger partial charge in [-0.3, -0.25) is 20.4 Å². The molecule has 1 aliphatic heterocycles. The summed E-state index contributed by atoms with van der Waals surface area (Å²) in [5.41, 5.74) is 2.56. The number of ether oxygens (including phenoxy) is 1. The van der Waals surface area contributed by atoms with Gasteiger partial charge in [0.05, 0.1) is 11.7 Å². The number of halogens is 4. The Hall–Kier alpha value is -1.85. The van der Waals surface area contributed by atoms with Gasteiger partial charge in [-0.05, 0) is 31.1 Å². The number of hydrogen-bond donors (Lipinski definition) is 3.